The van der Waals surface area contributed by atoms with E-state index in [0.717, 1.165) is 50.3 Å². The summed E-state index contributed by atoms with van der Waals surface area (Å²) in [5.74, 6) is 1.37. The first kappa shape index (κ1) is 20.1. The fourth-order valence-electron chi connectivity index (χ4n) is 3.85. The van der Waals surface area contributed by atoms with E-state index in [1.165, 1.54) is 11.3 Å². The lowest BCUT2D eigenvalue weighted by atomic mass is 10.2. The van der Waals surface area contributed by atoms with Gasteiger partial charge in [0.25, 0.3) is 5.56 Å². The zero-order valence-electron chi connectivity index (χ0n) is 16.7. The Morgan fingerprint density at radius 3 is 2.68 bits per heavy atom. The van der Waals surface area contributed by atoms with E-state index in [1.807, 2.05) is 31.2 Å². The van der Waals surface area contributed by atoms with Gasteiger partial charge in [0.05, 0.1) is 27.6 Å². The molecule has 1 fully saturated rings. The van der Waals surface area contributed by atoms with Gasteiger partial charge in [0.15, 0.2) is 0 Å². The minimum absolute atomic E-state index is 0.0340. The van der Waals surface area contributed by atoms with Crippen LogP contribution in [0.4, 0.5) is 11.8 Å². The topological polar surface area (TPSA) is 97.6 Å². The van der Waals surface area contributed by atoms with Gasteiger partial charge in [-0.2, -0.15) is 5.10 Å². The third kappa shape index (κ3) is 4.31. The van der Waals surface area contributed by atoms with Crippen molar-refractivity contribution in [2.75, 3.05) is 10.6 Å². The average molecular weight is 498 g/mol. The lowest BCUT2D eigenvalue weighted by molar-refractivity contribution is 0.712. The number of thiophene rings is 1. The molecule has 31 heavy (non-hydrogen) atoms. The molecule has 0 saturated heterocycles. The maximum atomic E-state index is 12.8. The summed E-state index contributed by atoms with van der Waals surface area (Å²) in [5.41, 5.74) is 1.52. The Balaban J connectivity index is 1.24. The van der Waals surface area contributed by atoms with Gasteiger partial charge in [-0.25, -0.2) is 9.97 Å². The maximum Gasteiger partial charge on any atom is 0.273 e. The second kappa shape index (κ2) is 8.35. The predicted octanol–water partition coefficient (Wildman–Crippen LogP) is 4.15. The molecule has 4 heterocycles. The zero-order chi connectivity index (χ0) is 21.4. The van der Waals surface area contributed by atoms with Gasteiger partial charge in [-0.3, -0.25) is 9.36 Å². The highest BCUT2D eigenvalue weighted by atomic mass is 79.9. The van der Waals surface area contributed by atoms with Crippen LogP contribution in [0.2, 0.25) is 0 Å². The molecule has 5 rings (SSSR count). The average Bonchev–Trinajstić information content (AvgIpc) is 3.37. The van der Waals surface area contributed by atoms with Gasteiger partial charge in [-0.15, -0.1) is 16.4 Å². The van der Waals surface area contributed by atoms with Crippen LogP contribution in [-0.2, 0) is 0 Å². The summed E-state index contributed by atoms with van der Waals surface area (Å²) in [4.78, 5) is 21.6. The van der Waals surface area contributed by atoms with E-state index < -0.39 is 0 Å². The molecular weight excluding hydrogens is 478 g/mol. The Morgan fingerprint density at radius 1 is 1.10 bits per heavy atom. The van der Waals surface area contributed by atoms with Gasteiger partial charge in [-0.1, -0.05) is 0 Å². The fourth-order valence-corrected chi connectivity index (χ4v) is 5.39. The highest BCUT2D eigenvalue weighted by Gasteiger charge is 2.25. The van der Waals surface area contributed by atoms with E-state index in [9.17, 15) is 4.79 Å². The summed E-state index contributed by atoms with van der Waals surface area (Å²) >= 11 is 4.90. The van der Waals surface area contributed by atoms with Crippen LogP contribution in [-0.4, -0.2) is 36.8 Å². The summed E-state index contributed by atoms with van der Waals surface area (Å²) < 4.78 is 3.31. The molecule has 0 unspecified atom stereocenters. The molecule has 8 nitrogen and oxygen atoms in total. The number of anilines is 2. The van der Waals surface area contributed by atoms with E-state index in [2.05, 4.69) is 46.7 Å². The number of hydrogen-bond donors (Lipinski definition) is 2. The molecule has 4 aromatic rings. The number of halogens is 1. The molecule has 4 aromatic heterocycles. The van der Waals surface area contributed by atoms with Crippen LogP contribution in [0.15, 0.2) is 51.4 Å². The highest BCUT2D eigenvalue weighted by Crippen LogP contribution is 2.28. The summed E-state index contributed by atoms with van der Waals surface area (Å²) in [5, 5.41) is 15.9. The lowest BCUT2D eigenvalue weighted by Gasteiger charge is -2.15. The van der Waals surface area contributed by atoms with E-state index in [-0.39, 0.29) is 5.56 Å². The van der Waals surface area contributed by atoms with Crippen molar-refractivity contribution in [3.8, 4) is 5.69 Å². The van der Waals surface area contributed by atoms with E-state index in [1.54, 1.807) is 23.2 Å². The molecule has 0 bridgehead atoms. The summed E-state index contributed by atoms with van der Waals surface area (Å²) in [6, 6.07) is 8.37. The fraction of sp³-hybridized carbons (Fsp3) is 0.286. The smallest absolute Gasteiger partial charge is 0.273 e. The SMILES string of the molecule is Cc1cnc(N[C@H]2CC[C@H](Nc3ccc(-n4ccc5cc(Br)sc5c4=O)cn3)C2)nn1. The number of pyridine rings is 2. The second-order valence-electron chi connectivity index (χ2n) is 7.65. The van der Waals surface area contributed by atoms with Crippen molar-refractivity contribution in [2.45, 2.75) is 38.3 Å². The largest absolute Gasteiger partial charge is 0.367 e. The Labute approximate surface area is 190 Å². The van der Waals surface area contributed by atoms with Crippen molar-refractivity contribution < 1.29 is 0 Å². The van der Waals surface area contributed by atoms with Gasteiger partial charge < -0.3 is 10.6 Å². The molecular formula is C21H20BrN7OS. The Hall–Kier alpha value is -2.85. The summed E-state index contributed by atoms with van der Waals surface area (Å²) in [7, 11) is 0. The molecule has 0 radical (unpaired) electrons. The third-order valence-electron chi connectivity index (χ3n) is 5.37. The highest BCUT2D eigenvalue weighted by molar-refractivity contribution is 9.11. The molecule has 0 spiro atoms. The number of rotatable bonds is 5. The first-order valence-electron chi connectivity index (χ1n) is 10.0. The number of aryl methyl sites for hydroxylation is 1. The summed E-state index contributed by atoms with van der Waals surface area (Å²) in [6.07, 6.45) is 8.25. The van der Waals surface area contributed by atoms with Crippen LogP contribution < -0.4 is 16.2 Å². The molecule has 2 atom stereocenters. The number of aromatic nitrogens is 5. The van der Waals surface area contributed by atoms with E-state index >= 15 is 0 Å². The van der Waals surface area contributed by atoms with Crippen molar-refractivity contribution in [2.24, 2.45) is 0 Å². The van der Waals surface area contributed by atoms with E-state index in [4.69, 9.17) is 0 Å². The minimum Gasteiger partial charge on any atom is -0.367 e. The molecule has 0 aromatic carbocycles. The molecule has 1 aliphatic carbocycles. The van der Waals surface area contributed by atoms with Crippen LogP contribution in [0.3, 0.4) is 0 Å². The van der Waals surface area contributed by atoms with Crippen LogP contribution in [0, 0.1) is 6.92 Å². The van der Waals surface area contributed by atoms with Gasteiger partial charge in [-0.05, 0) is 66.4 Å². The molecule has 0 amide bonds. The first-order valence-corrected chi connectivity index (χ1v) is 11.6. The number of nitrogens with zero attached hydrogens (tertiary/aromatic N) is 5. The molecule has 158 valence electrons. The number of fused-ring (bicyclic) bond motifs is 1. The Bertz CT molecular complexity index is 1270. The van der Waals surface area contributed by atoms with Crippen molar-refractivity contribution in [3.63, 3.8) is 0 Å². The van der Waals surface area contributed by atoms with Gasteiger partial charge in [0.2, 0.25) is 5.95 Å². The standard InChI is InChI=1S/C21H20BrN7OS/c1-12-10-24-21(28-27-12)26-15-3-2-14(9-15)25-18-5-4-16(11-23-18)29-7-6-13-8-17(22)31-19(13)20(29)30/h4-8,10-11,14-15H,2-3,9H2,1H3,(H,23,25)(H,24,26,28)/t14-,15-/m0/s1. The molecule has 2 N–H and O–H groups in total. The third-order valence-corrected chi connectivity index (χ3v) is 7.01. The maximum absolute atomic E-state index is 12.8. The second-order valence-corrected chi connectivity index (χ2v) is 10.1. The van der Waals surface area contributed by atoms with Crippen molar-refractivity contribution in [1.29, 1.82) is 0 Å². The number of hydrogen-bond acceptors (Lipinski definition) is 8. The molecule has 10 heteroatoms. The van der Waals surface area contributed by atoms with Crippen LogP contribution in [0.5, 0.6) is 0 Å². The van der Waals surface area contributed by atoms with Crippen LogP contribution >= 0.6 is 27.3 Å². The molecule has 1 aliphatic rings. The van der Waals surface area contributed by atoms with Crippen molar-refractivity contribution >= 4 is 49.1 Å². The van der Waals surface area contributed by atoms with Gasteiger partial charge in [0, 0.05) is 23.7 Å². The van der Waals surface area contributed by atoms with Crippen molar-refractivity contribution in [1.82, 2.24) is 24.7 Å². The summed E-state index contributed by atoms with van der Waals surface area (Å²) in [6.45, 7) is 1.87. The van der Waals surface area contributed by atoms with Gasteiger partial charge >= 0.3 is 0 Å². The molecule has 0 aliphatic heterocycles. The number of nitrogens with one attached hydrogen (secondary N) is 2. The quantitative estimate of drug-likeness (QED) is 0.427. The van der Waals surface area contributed by atoms with Gasteiger partial charge in [0.1, 0.15) is 10.5 Å². The normalized spacial score (nSPS) is 18.4. The molecule has 1 saturated carbocycles. The Morgan fingerprint density at radius 2 is 1.94 bits per heavy atom. The predicted molar refractivity (Wildman–Crippen MR) is 126 cm³/mol. The minimum atomic E-state index is -0.0340. The monoisotopic (exact) mass is 497 g/mol. The lowest BCUT2D eigenvalue weighted by Crippen LogP contribution is -2.22. The first-order chi connectivity index (χ1) is 15.0. The van der Waals surface area contributed by atoms with E-state index in [0.29, 0.717) is 18.0 Å². The zero-order valence-corrected chi connectivity index (χ0v) is 19.2. The van der Waals surface area contributed by atoms with Crippen LogP contribution in [0.25, 0.3) is 15.8 Å². The Kier molecular flexibility index (Phi) is 5.41. The van der Waals surface area contributed by atoms with Crippen molar-refractivity contribution in [3.05, 3.63) is 62.7 Å². The van der Waals surface area contributed by atoms with Crippen LogP contribution in [0.1, 0.15) is 25.0 Å².